The standard InChI is InChI=1S/C13H24N2O5/c1-3-5-14-11-8-20-7-9(11)12(16)15-10(13(17)18)4-6-19-2/h9-11,14H,3-8H2,1-2H3,(H,15,16)(H,17,18). The quantitative estimate of drug-likeness (QED) is 0.534. The van der Waals surface area contributed by atoms with E-state index in [0.717, 1.165) is 13.0 Å². The number of hydrogen-bond donors (Lipinski definition) is 3. The van der Waals surface area contributed by atoms with Gasteiger partial charge in [-0.1, -0.05) is 6.92 Å². The summed E-state index contributed by atoms with van der Waals surface area (Å²) in [5, 5.41) is 14.9. The van der Waals surface area contributed by atoms with Gasteiger partial charge in [-0.05, 0) is 13.0 Å². The second kappa shape index (κ2) is 8.89. The first-order valence-corrected chi connectivity index (χ1v) is 6.93. The second-order valence-corrected chi connectivity index (χ2v) is 4.89. The van der Waals surface area contributed by atoms with Crippen molar-refractivity contribution in [2.24, 2.45) is 5.92 Å². The highest BCUT2D eigenvalue weighted by Gasteiger charge is 2.35. The van der Waals surface area contributed by atoms with E-state index in [1.54, 1.807) is 0 Å². The van der Waals surface area contributed by atoms with E-state index in [9.17, 15) is 9.59 Å². The monoisotopic (exact) mass is 288 g/mol. The summed E-state index contributed by atoms with van der Waals surface area (Å²) >= 11 is 0. The summed E-state index contributed by atoms with van der Waals surface area (Å²) in [4.78, 5) is 23.3. The number of carboxylic acid groups (broad SMARTS) is 1. The van der Waals surface area contributed by atoms with Crippen LogP contribution in [0.1, 0.15) is 19.8 Å². The third-order valence-corrected chi connectivity index (χ3v) is 3.30. The number of carbonyl (C=O) groups is 2. The summed E-state index contributed by atoms with van der Waals surface area (Å²) in [6.45, 7) is 3.95. The molecule has 1 amide bonds. The Bertz CT molecular complexity index is 324. The third kappa shape index (κ3) is 5.07. The fourth-order valence-electron chi connectivity index (χ4n) is 2.12. The first kappa shape index (κ1) is 16.9. The van der Waals surface area contributed by atoms with Crippen LogP contribution >= 0.6 is 0 Å². The van der Waals surface area contributed by atoms with Crippen molar-refractivity contribution in [3.8, 4) is 0 Å². The minimum atomic E-state index is -1.05. The summed E-state index contributed by atoms with van der Waals surface area (Å²) in [7, 11) is 1.50. The zero-order chi connectivity index (χ0) is 15.0. The molecule has 0 saturated carbocycles. The summed E-state index contributed by atoms with van der Waals surface area (Å²) < 4.78 is 10.2. The van der Waals surface area contributed by atoms with E-state index in [2.05, 4.69) is 10.6 Å². The van der Waals surface area contributed by atoms with Gasteiger partial charge in [0, 0.05) is 26.2 Å². The molecule has 3 unspecified atom stereocenters. The van der Waals surface area contributed by atoms with Gasteiger partial charge in [-0.25, -0.2) is 4.79 Å². The van der Waals surface area contributed by atoms with Crippen molar-refractivity contribution in [2.75, 3.05) is 33.5 Å². The Morgan fingerprint density at radius 1 is 1.45 bits per heavy atom. The van der Waals surface area contributed by atoms with Crippen molar-refractivity contribution < 1.29 is 24.2 Å². The van der Waals surface area contributed by atoms with Crippen molar-refractivity contribution in [3.63, 3.8) is 0 Å². The van der Waals surface area contributed by atoms with E-state index in [-0.39, 0.29) is 30.9 Å². The summed E-state index contributed by atoms with van der Waals surface area (Å²) in [5.74, 6) is -1.67. The Kier molecular flexibility index (Phi) is 7.50. The Morgan fingerprint density at radius 2 is 2.20 bits per heavy atom. The zero-order valence-corrected chi connectivity index (χ0v) is 12.1. The van der Waals surface area contributed by atoms with Crippen LogP contribution in [0.5, 0.6) is 0 Å². The molecule has 1 fully saturated rings. The highest BCUT2D eigenvalue weighted by Crippen LogP contribution is 2.14. The largest absolute Gasteiger partial charge is 0.480 e. The highest BCUT2D eigenvalue weighted by atomic mass is 16.5. The van der Waals surface area contributed by atoms with Crippen LogP contribution in [0.15, 0.2) is 0 Å². The van der Waals surface area contributed by atoms with Crippen LogP contribution in [0.3, 0.4) is 0 Å². The van der Waals surface area contributed by atoms with E-state index < -0.39 is 12.0 Å². The van der Waals surface area contributed by atoms with Crippen LogP contribution in [-0.4, -0.2) is 62.5 Å². The maximum atomic E-state index is 12.2. The molecule has 1 rings (SSSR count). The number of hydrogen-bond acceptors (Lipinski definition) is 5. The second-order valence-electron chi connectivity index (χ2n) is 4.89. The molecule has 0 spiro atoms. The van der Waals surface area contributed by atoms with Gasteiger partial charge >= 0.3 is 5.97 Å². The van der Waals surface area contributed by atoms with Gasteiger partial charge in [-0.15, -0.1) is 0 Å². The minimum absolute atomic E-state index is 0.0492. The van der Waals surface area contributed by atoms with Crippen LogP contribution < -0.4 is 10.6 Å². The van der Waals surface area contributed by atoms with Crippen molar-refractivity contribution in [1.29, 1.82) is 0 Å². The molecule has 1 saturated heterocycles. The van der Waals surface area contributed by atoms with Crippen molar-refractivity contribution in [2.45, 2.75) is 31.8 Å². The Morgan fingerprint density at radius 3 is 2.80 bits per heavy atom. The lowest BCUT2D eigenvalue weighted by Gasteiger charge is -2.21. The smallest absolute Gasteiger partial charge is 0.326 e. The fourth-order valence-corrected chi connectivity index (χ4v) is 2.12. The lowest BCUT2D eigenvalue weighted by atomic mass is 10.0. The van der Waals surface area contributed by atoms with Gasteiger partial charge in [-0.2, -0.15) is 0 Å². The molecule has 0 radical (unpaired) electrons. The number of carboxylic acids is 1. The SMILES string of the molecule is CCCNC1COCC1C(=O)NC(CCOC)C(=O)O. The molecule has 7 heteroatoms. The highest BCUT2D eigenvalue weighted by molar-refractivity contribution is 5.85. The molecule has 1 aliphatic rings. The van der Waals surface area contributed by atoms with Crippen LogP contribution in [0.4, 0.5) is 0 Å². The minimum Gasteiger partial charge on any atom is -0.480 e. The van der Waals surface area contributed by atoms with Gasteiger partial charge in [0.25, 0.3) is 0 Å². The molecule has 20 heavy (non-hydrogen) atoms. The molecule has 3 atom stereocenters. The molecule has 0 aromatic heterocycles. The van der Waals surface area contributed by atoms with E-state index in [4.69, 9.17) is 14.6 Å². The first-order valence-electron chi connectivity index (χ1n) is 6.93. The average molecular weight is 288 g/mol. The van der Waals surface area contributed by atoms with Crippen LogP contribution in [0, 0.1) is 5.92 Å². The number of amides is 1. The number of methoxy groups -OCH3 is 1. The Balaban J connectivity index is 2.51. The normalized spacial score (nSPS) is 23.5. The van der Waals surface area contributed by atoms with Gasteiger partial charge in [0.15, 0.2) is 0 Å². The molecule has 0 aromatic rings. The molecular weight excluding hydrogens is 264 g/mol. The zero-order valence-electron chi connectivity index (χ0n) is 12.1. The predicted molar refractivity (Wildman–Crippen MR) is 72.5 cm³/mol. The number of nitrogens with one attached hydrogen (secondary N) is 2. The number of aliphatic carboxylic acids is 1. The van der Waals surface area contributed by atoms with E-state index in [1.807, 2.05) is 6.92 Å². The van der Waals surface area contributed by atoms with Crippen LogP contribution in [-0.2, 0) is 19.1 Å². The topological polar surface area (TPSA) is 96.9 Å². The van der Waals surface area contributed by atoms with Gasteiger partial charge in [-0.3, -0.25) is 4.79 Å². The summed E-state index contributed by atoms with van der Waals surface area (Å²) in [6.07, 6.45) is 1.22. The number of ether oxygens (including phenoxy) is 2. The molecule has 3 N–H and O–H groups in total. The number of carbonyl (C=O) groups excluding carboxylic acids is 1. The molecule has 0 bridgehead atoms. The average Bonchev–Trinajstić information content (AvgIpc) is 2.89. The van der Waals surface area contributed by atoms with Crippen molar-refractivity contribution in [1.82, 2.24) is 10.6 Å². The van der Waals surface area contributed by atoms with Gasteiger partial charge < -0.3 is 25.2 Å². The van der Waals surface area contributed by atoms with Crippen LogP contribution in [0.2, 0.25) is 0 Å². The third-order valence-electron chi connectivity index (χ3n) is 3.30. The lowest BCUT2D eigenvalue weighted by Crippen LogP contribution is -2.49. The lowest BCUT2D eigenvalue weighted by molar-refractivity contribution is -0.143. The van der Waals surface area contributed by atoms with E-state index in [0.29, 0.717) is 13.2 Å². The predicted octanol–water partition coefficient (Wildman–Crippen LogP) is -0.393. The van der Waals surface area contributed by atoms with Crippen molar-refractivity contribution in [3.05, 3.63) is 0 Å². The fraction of sp³-hybridized carbons (Fsp3) is 0.846. The molecule has 0 aliphatic carbocycles. The van der Waals surface area contributed by atoms with Crippen molar-refractivity contribution >= 4 is 11.9 Å². The van der Waals surface area contributed by atoms with Gasteiger partial charge in [0.2, 0.25) is 5.91 Å². The van der Waals surface area contributed by atoms with Crippen LogP contribution in [0.25, 0.3) is 0 Å². The molecule has 7 nitrogen and oxygen atoms in total. The summed E-state index contributed by atoms with van der Waals surface area (Å²) in [6, 6.07) is -0.971. The van der Waals surface area contributed by atoms with Gasteiger partial charge in [0.1, 0.15) is 6.04 Å². The molecule has 116 valence electrons. The Labute approximate surface area is 119 Å². The van der Waals surface area contributed by atoms with Gasteiger partial charge in [0.05, 0.1) is 19.1 Å². The molecule has 0 aromatic carbocycles. The molecule has 1 aliphatic heterocycles. The summed E-state index contributed by atoms with van der Waals surface area (Å²) in [5.41, 5.74) is 0. The number of rotatable bonds is 9. The maximum Gasteiger partial charge on any atom is 0.326 e. The first-order chi connectivity index (χ1) is 9.60. The van der Waals surface area contributed by atoms with E-state index >= 15 is 0 Å². The van der Waals surface area contributed by atoms with E-state index in [1.165, 1.54) is 7.11 Å². The maximum absolute atomic E-state index is 12.2. The molecule has 1 heterocycles. The Hall–Kier alpha value is -1.18. The molecular formula is C13H24N2O5.